The van der Waals surface area contributed by atoms with Gasteiger partial charge in [0.15, 0.2) is 11.6 Å². The molecular formula is C10H13FO3. The summed E-state index contributed by atoms with van der Waals surface area (Å²) in [6, 6.07) is 5.98. The van der Waals surface area contributed by atoms with Crippen molar-refractivity contribution in [2.45, 2.75) is 12.5 Å². The van der Waals surface area contributed by atoms with Crippen molar-refractivity contribution in [2.75, 3.05) is 13.2 Å². The van der Waals surface area contributed by atoms with E-state index < -0.39 is 11.9 Å². The van der Waals surface area contributed by atoms with Gasteiger partial charge in [0.2, 0.25) is 0 Å². The molecule has 0 aromatic heterocycles. The van der Waals surface area contributed by atoms with Crippen molar-refractivity contribution < 1.29 is 19.3 Å². The van der Waals surface area contributed by atoms with E-state index in [4.69, 9.17) is 9.84 Å². The normalized spacial score (nSPS) is 12.5. The van der Waals surface area contributed by atoms with Crippen LogP contribution >= 0.6 is 0 Å². The summed E-state index contributed by atoms with van der Waals surface area (Å²) in [5.41, 5.74) is 0. The molecule has 1 unspecified atom stereocenters. The second-order valence-corrected chi connectivity index (χ2v) is 2.91. The molecule has 1 rings (SSSR count). The highest BCUT2D eigenvalue weighted by Crippen LogP contribution is 2.15. The van der Waals surface area contributed by atoms with Gasteiger partial charge in [-0.2, -0.15) is 0 Å². The predicted molar refractivity (Wildman–Crippen MR) is 49.6 cm³/mol. The molecule has 0 heterocycles. The highest BCUT2D eigenvalue weighted by molar-refractivity contribution is 5.23. The summed E-state index contributed by atoms with van der Waals surface area (Å²) < 4.78 is 18.0. The molecule has 0 saturated carbocycles. The van der Waals surface area contributed by atoms with E-state index in [1.54, 1.807) is 12.1 Å². The minimum Gasteiger partial charge on any atom is -0.488 e. The third kappa shape index (κ3) is 3.32. The molecular weight excluding hydrogens is 187 g/mol. The number of hydrogen-bond donors (Lipinski definition) is 2. The van der Waals surface area contributed by atoms with Crippen LogP contribution in [0.4, 0.5) is 4.39 Å². The molecule has 0 aliphatic heterocycles. The monoisotopic (exact) mass is 200 g/mol. The average molecular weight is 200 g/mol. The minimum absolute atomic E-state index is 0.0124. The number of para-hydroxylation sites is 1. The van der Waals surface area contributed by atoms with Gasteiger partial charge >= 0.3 is 0 Å². The Morgan fingerprint density at radius 2 is 2.07 bits per heavy atom. The van der Waals surface area contributed by atoms with Crippen molar-refractivity contribution in [1.82, 2.24) is 0 Å². The lowest BCUT2D eigenvalue weighted by atomic mass is 10.3. The molecule has 1 atom stereocenters. The fraction of sp³-hybridized carbons (Fsp3) is 0.400. The second kappa shape index (κ2) is 5.57. The molecule has 0 aliphatic carbocycles. The van der Waals surface area contributed by atoms with E-state index in [0.717, 1.165) is 0 Å². The lowest BCUT2D eigenvalue weighted by Gasteiger charge is -2.11. The molecule has 78 valence electrons. The van der Waals surface area contributed by atoms with Crippen LogP contribution in [0.15, 0.2) is 24.3 Å². The minimum atomic E-state index is -0.764. The fourth-order valence-electron chi connectivity index (χ4n) is 0.980. The van der Waals surface area contributed by atoms with Gasteiger partial charge in [-0.15, -0.1) is 0 Å². The Balaban J connectivity index is 2.41. The van der Waals surface area contributed by atoms with E-state index >= 15 is 0 Å². The molecule has 1 aromatic rings. The Hall–Kier alpha value is -1.13. The summed E-state index contributed by atoms with van der Waals surface area (Å²) >= 11 is 0. The summed E-state index contributed by atoms with van der Waals surface area (Å²) in [5, 5.41) is 17.7. The van der Waals surface area contributed by atoms with Crippen LogP contribution in [0, 0.1) is 5.82 Å². The average Bonchev–Trinajstić information content (AvgIpc) is 2.17. The van der Waals surface area contributed by atoms with E-state index in [-0.39, 0.29) is 25.4 Å². The lowest BCUT2D eigenvalue weighted by Crippen LogP contribution is -2.19. The van der Waals surface area contributed by atoms with Gasteiger partial charge in [0.1, 0.15) is 6.61 Å². The molecule has 0 bridgehead atoms. The van der Waals surface area contributed by atoms with Crippen molar-refractivity contribution >= 4 is 0 Å². The standard InChI is InChI=1S/C10H13FO3/c11-9-3-1-2-4-10(9)14-7-8(13)5-6-12/h1-4,8,12-13H,5-7H2. The van der Waals surface area contributed by atoms with Crippen LogP contribution < -0.4 is 4.74 Å². The molecule has 0 radical (unpaired) electrons. The number of hydrogen-bond acceptors (Lipinski definition) is 3. The van der Waals surface area contributed by atoms with E-state index in [9.17, 15) is 9.50 Å². The maximum atomic E-state index is 13.0. The van der Waals surface area contributed by atoms with Crippen molar-refractivity contribution in [3.8, 4) is 5.75 Å². The molecule has 14 heavy (non-hydrogen) atoms. The van der Waals surface area contributed by atoms with E-state index in [0.29, 0.717) is 0 Å². The number of halogens is 1. The van der Waals surface area contributed by atoms with Crippen LogP contribution in [0.2, 0.25) is 0 Å². The van der Waals surface area contributed by atoms with Gasteiger partial charge in [-0.3, -0.25) is 0 Å². The summed E-state index contributed by atoms with van der Waals surface area (Å²) in [7, 11) is 0. The van der Waals surface area contributed by atoms with E-state index in [1.165, 1.54) is 12.1 Å². The zero-order valence-corrected chi connectivity index (χ0v) is 7.69. The second-order valence-electron chi connectivity index (χ2n) is 2.91. The summed E-state index contributed by atoms with van der Waals surface area (Å²) in [4.78, 5) is 0. The highest BCUT2D eigenvalue weighted by atomic mass is 19.1. The van der Waals surface area contributed by atoms with Crippen LogP contribution in [0.3, 0.4) is 0 Å². The number of benzene rings is 1. The first kappa shape index (κ1) is 10.9. The maximum absolute atomic E-state index is 13.0. The van der Waals surface area contributed by atoms with Gasteiger partial charge in [-0.1, -0.05) is 12.1 Å². The zero-order valence-electron chi connectivity index (χ0n) is 7.69. The SMILES string of the molecule is OCCC(O)COc1ccccc1F. The molecule has 0 amide bonds. The summed E-state index contributed by atoms with van der Waals surface area (Å²) in [5.74, 6) is -0.340. The Bertz CT molecular complexity index is 278. The Labute approximate surface area is 81.8 Å². The van der Waals surface area contributed by atoms with Crippen molar-refractivity contribution in [3.05, 3.63) is 30.1 Å². The molecule has 0 saturated heterocycles. The molecule has 2 N–H and O–H groups in total. The smallest absolute Gasteiger partial charge is 0.165 e. The number of rotatable bonds is 5. The number of aliphatic hydroxyl groups excluding tert-OH is 2. The molecule has 0 spiro atoms. The third-order valence-electron chi connectivity index (χ3n) is 1.73. The first-order valence-electron chi connectivity index (χ1n) is 4.40. The zero-order chi connectivity index (χ0) is 10.4. The van der Waals surface area contributed by atoms with Crippen LogP contribution in [-0.4, -0.2) is 29.5 Å². The quantitative estimate of drug-likeness (QED) is 0.744. The Kier molecular flexibility index (Phi) is 4.35. The van der Waals surface area contributed by atoms with E-state index in [2.05, 4.69) is 0 Å². The molecule has 3 nitrogen and oxygen atoms in total. The van der Waals surface area contributed by atoms with Gasteiger partial charge in [0.25, 0.3) is 0 Å². The molecule has 0 aliphatic rings. The van der Waals surface area contributed by atoms with Gasteiger partial charge in [0.05, 0.1) is 6.10 Å². The lowest BCUT2D eigenvalue weighted by molar-refractivity contribution is 0.0805. The third-order valence-corrected chi connectivity index (χ3v) is 1.73. The van der Waals surface area contributed by atoms with E-state index in [1.807, 2.05) is 0 Å². The summed E-state index contributed by atoms with van der Waals surface area (Å²) in [6.45, 7) is -0.122. The van der Waals surface area contributed by atoms with Crippen molar-refractivity contribution in [1.29, 1.82) is 0 Å². The van der Waals surface area contributed by atoms with Gasteiger partial charge in [-0.05, 0) is 18.6 Å². The van der Waals surface area contributed by atoms with Gasteiger partial charge in [0, 0.05) is 6.61 Å². The largest absolute Gasteiger partial charge is 0.488 e. The predicted octanol–water partition coefficient (Wildman–Crippen LogP) is 0.948. The summed E-state index contributed by atoms with van der Waals surface area (Å²) in [6.07, 6.45) is -0.534. The number of aliphatic hydroxyl groups is 2. The molecule has 4 heteroatoms. The van der Waals surface area contributed by atoms with Gasteiger partial charge in [-0.25, -0.2) is 4.39 Å². The van der Waals surface area contributed by atoms with Crippen LogP contribution in [0.1, 0.15) is 6.42 Å². The Morgan fingerprint density at radius 3 is 2.71 bits per heavy atom. The highest BCUT2D eigenvalue weighted by Gasteiger charge is 2.06. The fourth-order valence-corrected chi connectivity index (χ4v) is 0.980. The molecule has 1 aromatic carbocycles. The maximum Gasteiger partial charge on any atom is 0.165 e. The first-order chi connectivity index (χ1) is 6.74. The topological polar surface area (TPSA) is 49.7 Å². The van der Waals surface area contributed by atoms with Crippen molar-refractivity contribution in [3.63, 3.8) is 0 Å². The van der Waals surface area contributed by atoms with Crippen LogP contribution in [0.25, 0.3) is 0 Å². The van der Waals surface area contributed by atoms with Crippen molar-refractivity contribution in [2.24, 2.45) is 0 Å². The number of ether oxygens (including phenoxy) is 1. The van der Waals surface area contributed by atoms with Crippen LogP contribution in [-0.2, 0) is 0 Å². The Morgan fingerprint density at radius 1 is 1.36 bits per heavy atom. The van der Waals surface area contributed by atoms with Crippen LogP contribution in [0.5, 0.6) is 5.75 Å². The molecule has 0 fully saturated rings. The first-order valence-corrected chi connectivity index (χ1v) is 4.40. The van der Waals surface area contributed by atoms with Gasteiger partial charge < -0.3 is 14.9 Å².